The lowest BCUT2D eigenvalue weighted by Crippen LogP contribution is -2.39. The number of nitrogens with zero attached hydrogens (tertiary/aromatic N) is 4. The smallest absolute Gasteiger partial charge is 0.223 e. The fourth-order valence-corrected chi connectivity index (χ4v) is 4.39. The highest BCUT2D eigenvalue weighted by Crippen LogP contribution is 2.53. The van der Waals surface area contributed by atoms with E-state index in [1.165, 1.54) is 10.9 Å². The van der Waals surface area contributed by atoms with E-state index >= 15 is 0 Å². The molecule has 118 valence electrons. The summed E-state index contributed by atoms with van der Waals surface area (Å²) in [4.78, 5) is 21.0. The number of rotatable bonds is 3. The van der Waals surface area contributed by atoms with Crippen LogP contribution in [0, 0.1) is 5.41 Å². The second-order valence-electron chi connectivity index (χ2n) is 6.58. The molecule has 6 heteroatoms. The SMILES string of the molecule is CCC1(CN=[N+]=[N-])CC(=O)N2CCc3c([nH]c4ccccc34)C21. The van der Waals surface area contributed by atoms with Gasteiger partial charge in [-0.05, 0) is 30.0 Å². The van der Waals surface area contributed by atoms with Crippen LogP contribution in [0.25, 0.3) is 21.3 Å². The van der Waals surface area contributed by atoms with Crippen molar-refractivity contribution in [3.05, 3.63) is 46.0 Å². The molecule has 1 N–H and O–H groups in total. The minimum absolute atomic E-state index is 0.0124. The number of hydrogen-bond donors (Lipinski definition) is 1. The third-order valence-electron chi connectivity index (χ3n) is 5.59. The van der Waals surface area contributed by atoms with E-state index < -0.39 is 0 Å². The summed E-state index contributed by atoms with van der Waals surface area (Å²) >= 11 is 0. The first-order valence-corrected chi connectivity index (χ1v) is 8.10. The van der Waals surface area contributed by atoms with Gasteiger partial charge in [0.15, 0.2) is 0 Å². The highest BCUT2D eigenvalue weighted by atomic mass is 16.2. The van der Waals surface area contributed by atoms with Crippen LogP contribution in [0.1, 0.15) is 37.1 Å². The first-order valence-electron chi connectivity index (χ1n) is 8.10. The molecule has 0 aliphatic carbocycles. The van der Waals surface area contributed by atoms with Gasteiger partial charge in [0, 0.05) is 46.4 Å². The zero-order chi connectivity index (χ0) is 16.0. The predicted molar refractivity (Wildman–Crippen MR) is 87.8 cm³/mol. The van der Waals surface area contributed by atoms with Crippen LogP contribution >= 0.6 is 0 Å². The molecule has 23 heavy (non-hydrogen) atoms. The Labute approximate surface area is 134 Å². The van der Waals surface area contributed by atoms with Gasteiger partial charge in [0.25, 0.3) is 0 Å². The second kappa shape index (κ2) is 5.03. The summed E-state index contributed by atoms with van der Waals surface area (Å²) in [6.45, 7) is 3.19. The van der Waals surface area contributed by atoms with Gasteiger partial charge in [-0.3, -0.25) is 4.79 Å². The van der Waals surface area contributed by atoms with E-state index in [1.807, 2.05) is 11.0 Å². The third-order valence-corrected chi connectivity index (χ3v) is 5.59. The molecule has 1 amide bonds. The van der Waals surface area contributed by atoms with Crippen LogP contribution in [0.3, 0.4) is 0 Å². The van der Waals surface area contributed by atoms with Gasteiger partial charge in [-0.15, -0.1) is 0 Å². The summed E-state index contributed by atoms with van der Waals surface area (Å²) in [5, 5.41) is 5.08. The average Bonchev–Trinajstić information content (AvgIpc) is 3.09. The number of amides is 1. The number of carbonyl (C=O) groups excluding carboxylic acids is 1. The van der Waals surface area contributed by atoms with Gasteiger partial charge in [0.2, 0.25) is 5.91 Å². The number of hydrogen-bond acceptors (Lipinski definition) is 2. The molecule has 0 radical (unpaired) electrons. The topological polar surface area (TPSA) is 84.9 Å². The van der Waals surface area contributed by atoms with Crippen LogP contribution in [-0.2, 0) is 11.2 Å². The zero-order valence-corrected chi connectivity index (χ0v) is 13.1. The van der Waals surface area contributed by atoms with Crippen molar-refractivity contribution in [1.29, 1.82) is 0 Å². The number of azide groups is 1. The molecule has 1 aromatic heterocycles. The largest absolute Gasteiger partial charge is 0.356 e. The Kier molecular flexibility index (Phi) is 3.10. The number of H-pyrrole nitrogens is 1. The van der Waals surface area contributed by atoms with E-state index in [4.69, 9.17) is 5.53 Å². The summed E-state index contributed by atoms with van der Waals surface area (Å²) < 4.78 is 0. The molecule has 2 unspecified atom stereocenters. The van der Waals surface area contributed by atoms with Gasteiger partial charge in [-0.2, -0.15) is 0 Å². The number of aromatic amines is 1. The molecule has 6 nitrogen and oxygen atoms in total. The summed E-state index contributed by atoms with van der Waals surface area (Å²) in [7, 11) is 0. The van der Waals surface area contributed by atoms with E-state index in [1.54, 1.807) is 0 Å². The molecule has 3 heterocycles. The molecule has 2 aliphatic rings. The van der Waals surface area contributed by atoms with Gasteiger partial charge in [-0.25, -0.2) is 0 Å². The molecule has 1 saturated heterocycles. The van der Waals surface area contributed by atoms with Crippen LogP contribution < -0.4 is 0 Å². The lowest BCUT2D eigenvalue weighted by atomic mass is 9.74. The Balaban J connectivity index is 1.91. The fourth-order valence-electron chi connectivity index (χ4n) is 4.39. The maximum absolute atomic E-state index is 12.5. The van der Waals surface area contributed by atoms with E-state index in [0.29, 0.717) is 13.0 Å². The lowest BCUT2D eigenvalue weighted by molar-refractivity contribution is -0.129. The Hall–Kier alpha value is -2.46. The van der Waals surface area contributed by atoms with Crippen molar-refractivity contribution < 1.29 is 4.79 Å². The third kappa shape index (κ3) is 1.88. The summed E-state index contributed by atoms with van der Waals surface area (Å²) in [5.41, 5.74) is 12.0. The molecule has 4 rings (SSSR count). The van der Waals surface area contributed by atoms with Crippen molar-refractivity contribution in [3.63, 3.8) is 0 Å². The number of carbonyl (C=O) groups is 1. The second-order valence-corrected chi connectivity index (χ2v) is 6.58. The molecule has 1 fully saturated rings. The minimum atomic E-state index is -0.306. The molecule has 0 saturated carbocycles. The summed E-state index contributed by atoms with van der Waals surface area (Å²) in [5.74, 6) is 0.175. The predicted octanol–water partition coefficient (Wildman–Crippen LogP) is 3.70. The van der Waals surface area contributed by atoms with Gasteiger partial charge < -0.3 is 9.88 Å². The Morgan fingerprint density at radius 2 is 2.30 bits per heavy atom. The van der Waals surface area contributed by atoms with Crippen molar-refractivity contribution in [2.75, 3.05) is 13.1 Å². The Bertz CT molecular complexity index is 835. The van der Waals surface area contributed by atoms with Crippen LogP contribution in [-0.4, -0.2) is 28.9 Å². The van der Waals surface area contributed by atoms with E-state index in [2.05, 4.69) is 40.1 Å². The van der Waals surface area contributed by atoms with Gasteiger partial charge in [-0.1, -0.05) is 30.2 Å². The lowest BCUT2D eigenvalue weighted by Gasteiger charge is -2.39. The Morgan fingerprint density at radius 1 is 1.48 bits per heavy atom. The fraction of sp³-hybridized carbons (Fsp3) is 0.471. The van der Waals surface area contributed by atoms with Gasteiger partial charge in [0.1, 0.15) is 0 Å². The highest BCUT2D eigenvalue weighted by Gasteiger charge is 2.53. The molecule has 0 bridgehead atoms. The van der Waals surface area contributed by atoms with Crippen LogP contribution in [0.4, 0.5) is 0 Å². The summed E-state index contributed by atoms with van der Waals surface area (Å²) in [6, 6.07) is 8.28. The number of fused-ring (bicyclic) bond motifs is 5. The summed E-state index contributed by atoms with van der Waals surface area (Å²) in [6.07, 6.45) is 2.15. The molecule has 2 aliphatic heterocycles. The van der Waals surface area contributed by atoms with Crippen molar-refractivity contribution in [3.8, 4) is 0 Å². The van der Waals surface area contributed by atoms with Gasteiger partial charge >= 0.3 is 0 Å². The van der Waals surface area contributed by atoms with Crippen molar-refractivity contribution in [2.24, 2.45) is 10.5 Å². The molecular formula is C17H19N5O. The standard InChI is InChI=1S/C17H19N5O/c1-2-17(10-19-21-18)9-14(23)22-8-7-12-11-5-3-4-6-13(11)20-15(12)16(17)22/h3-6,16,20H,2,7-10H2,1H3. The monoisotopic (exact) mass is 309 g/mol. The van der Waals surface area contributed by atoms with Crippen molar-refractivity contribution in [1.82, 2.24) is 9.88 Å². The van der Waals surface area contributed by atoms with Crippen molar-refractivity contribution >= 4 is 16.8 Å². The van der Waals surface area contributed by atoms with E-state index in [0.717, 1.165) is 30.6 Å². The first kappa shape index (κ1) is 14.2. The van der Waals surface area contributed by atoms with Crippen molar-refractivity contribution in [2.45, 2.75) is 32.2 Å². The van der Waals surface area contributed by atoms with Gasteiger partial charge in [0.05, 0.1) is 6.04 Å². The first-order chi connectivity index (χ1) is 11.2. The molecule has 2 atom stereocenters. The quantitative estimate of drug-likeness (QED) is 0.523. The number of para-hydroxylation sites is 1. The van der Waals surface area contributed by atoms with Crippen LogP contribution in [0.2, 0.25) is 0 Å². The van der Waals surface area contributed by atoms with Crippen LogP contribution in [0.15, 0.2) is 29.4 Å². The zero-order valence-electron chi connectivity index (χ0n) is 13.1. The molecular weight excluding hydrogens is 290 g/mol. The van der Waals surface area contributed by atoms with E-state index in [-0.39, 0.29) is 17.4 Å². The maximum atomic E-state index is 12.5. The average molecular weight is 309 g/mol. The number of aromatic nitrogens is 1. The number of benzene rings is 1. The molecule has 0 spiro atoms. The molecule has 2 aromatic rings. The number of nitrogens with one attached hydrogen (secondary N) is 1. The van der Waals surface area contributed by atoms with Crippen LogP contribution in [0.5, 0.6) is 0 Å². The molecule has 1 aromatic carbocycles. The minimum Gasteiger partial charge on any atom is -0.356 e. The van der Waals surface area contributed by atoms with E-state index in [9.17, 15) is 4.79 Å². The normalized spacial score (nSPS) is 26.0. The Morgan fingerprint density at radius 3 is 3.09 bits per heavy atom. The maximum Gasteiger partial charge on any atom is 0.223 e. The highest BCUT2D eigenvalue weighted by molar-refractivity contribution is 5.87.